The molecule has 1 aromatic heterocycles. The molecule has 0 aliphatic rings. The smallest absolute Gasteiger partial charge is 0.252 e. The Hall–Kier alpha value is -3.60. The maximum atomic E-state index is 13.0. The first-order valence-electron chi connectivity index (χ1n) is 12.4. The number of rotatable bonds is 9. The van der Waals surface area contributed by atoms with Crippen LogP contribution in [0.2, 0.25) is 0 Å². The molecule has 0 aliphatic heterocycles. The van der Waals surface area contributed by atoms with Crippen LogP contribution >= 0.6 is 0 Å². The fourth-order valence-electron chi connectivity index (χ4n) is 4.64. The van der Waals surface area contributed by atoms with Crippen LogP contribution < -0.4 is 10.1 Å². The van der Waals surface area contributed by atoms with Crippen molar-refractivity contribution in [2.75, 3.05) is 6.61 Å². The van der Waals surface area contributed by atoms with Crippen LogP contribution in [0.25, 0.3) is 11.0 Å². The molecule has 5 heteroatoms. The summed E-state index contributed by atoms with van der Waals surface area (Å²) < 4.78 is 8.33. The fourth-order valence-corrected chi connectivity index (χ4v) is 4.64. The van der Waals surface area contributed by atoms with Gasteiger partial charge in [0.25, 0.3) is 5.91 Å². The zero-order valence-electron chi connectivity index (χ0n) is 21.4. The topological polar surface area (TPSA) is 56.2 Å². The number of amides is 1. The summed E-state index contributed by atoms with van der Waals surface area (Å²) in [5.41, 5.74) is 7.20. The van der Waals surface area contributed by atoms with Crippen molar-refractivity contribution in [2.24, 2.45) is 0 Å². The Morgan fingerprint density at radius 3 is 2.43 bits per heavy atom. The van der Waals surface area contributed by atoms with Crippen molar-refractivity contribution in [2.45, 2.75) is 60.0 Å². The number of para-hydroxylation sites is 3. The number of nitrogens with one attached hydrogen (secondary N) is 1. The van der Waals surface area contributed by atoms with Gasteiger partial charge in [0.15, 0.2) is 0 Å². The number of ether oxygens (including phenoxy) is 1. The first-order valence-corrected chi connectivity index (χ1v) is 12.4. The zero-order chi connectivity index (χ0) is 24.9. The number of carbonyl (C=O) groups is 1. The Kier molecular flexibility index (Phi) is 7.54. The molecule has 0 saturated carbocycles. The molecule has 0 spiro atoms. The SMILES string of the molecule is Cc1ccc(C(=O)NC(C)c2nc3ccccc3n2CCCCOc2c(C)cccc2C)c(C)c1. The lowest BCUT2D eigenvalue weighted by Gasteiger charge is -2.17. The van der Waals surface area contributed by atoms with Gasteiger partial charge in [0.1, 0.15) is 11.6 Å². The van der Waals surface area contributed by atoms with Gasteiger partial charge < -0.3 is 14.6 Å². The minimum Gasteiger partial charge on any atom is -0.493 e. The van der Waals surface area contributed by atoms with E-state index in [1.165, 1.54) is 11.1 Å². The molecule has 0 fully saturated rings. The number of imidazole rings is 1. The largest absolute Gasteiger partial charge is 0.493 e. The molecule has 5 nitrogen and oxygen atoms in total. The van der Waals surface area contributed by atoms with Crippen LogP contribution in [0.1, 0.15) is 64.2 Å². The van der Waals surface area contributed by atoms with Gasteiger partial charge in [0, 0.05) is 12.1 Å². The van der Waals surface area contributed by atoms with Gasteiger partial charge in [-0.05, 0) is 82.3 Å². The molecule has 4 aromatic rings. The molecule has 1 amide bonds. The van der Waals surface area contributed by atoms with E-state index in [1.807, 2.05) is 57.2 Å². The molecule has 0 radical (unpaired) electrons. The molecule has 0 bridgehead atoms. The second-order valence-corrected chi connectivity index (χ2v) is 9.40. The van der Waals surface area contributed by atoms with E-state index in [-0.39, 0.29) is 11.9 Å². The highest BCUT2D eigenvalue weighted by Crippen LogP contribution is 2.24. The maximum Gasteiger partial charge on any atom is 0.252 e. The molecule has 35 heavy (non-hydrogen) atoms. The lowest BCUT2D eigenvalue weighted by atomic mass is 10.0. The summed E-state index contributed by atoms with van der Waals surface area (Å²) in [6.45, 7) is 11.7. The van der Waals surface area contributed by atoms with E-state index in [0.717, 1.165) is 53.1 Å². The maximum absolute atomic E-state index is 13.0. The normalized spacial score (nSPS) is 12.0. The highest BCUT2D eigenvalue weighted by atomic mass is 16.5. The van der Waals surface area contributed by atoms with Crippen molar-refractivity contribution in [1.29, 1.82) is 0 Å². The number of hydrogen-bond donors (Lipinski definition) is 1. The Bertz CT molecular complexity index is 1320. The predicted octanol–water partition coefficient (Wildman–Crippen LogP) is 6.62. The van der Waals surface area contributed by atoms with Crippen molar-refractivity contribution in [3.8, 4) is 5.75 Å². The van der Waals surface area contributed by atoms with E-state index in [9.17, 15) is 4.79 Å². The predicted molar refractivity (Wildman–Crippen MR) is 142 cm³/mol. The highest BCUT2D eigenvalue weighted by molar-refractivity contribution is 5.96. The molecular formula is C30H35N3O2. The van der Waals surface area contributed by atoms with E-state index in [1.54, 1.807) is 0 Å². The van der Waals surface area contributed by atoms with Crippen molar-refractivity contribution < 1.29 is 9.53 Å². The zero-order valence-corrected chi connectivity index (χ0v) is 21.4. The van der Waals surface area contributed by atoms with Crippen LogP contribution in [-0.4, -0.2) is 22.1 Å². The number of carbonyl (C=O) groups excluding carboxylic acids is 1. The number of fused-ring (bicyclic) bond motifs is 1. The van der Waals surface area contributed by atoms with Gasteiger partial charge in [0.05, 0.1) is 23.7 Å². The molecule has 1 heterocycles. The van der Waals surface area contributed by atoms with Crippen LogP contribution in [0.3, 0.4) is 0 Å². The molecule has 0 saturated heterocycles. The van der Waals surface area contributed by atoms with Crippen LogP contribution in [-0.2, 0) is 6.54 Å². The minimum atomic E-state index is -0.221. The van der Waals surface area contributed by atoms with Crippen molar-refractivity contribution in [1.82, 2.24) is 14.9 Å². The molecule has 3 aromatic carbocycles. The van der Waals surface area contributed by atoms with Gasteiger partial charge in [-0.1, -0.05) is 48.0 Å². The van der Waals surface area contributed by atoms with Crippen LogP contribution in [0.5, 0.6) is 5.75 Å². The second kappa shape index (κ2) is 10.8. The van der Waals surface area contributed by atoms with Gasteiger partial charge in [-0.15, -0.1) is 0 Å². The van der Waals surface area contributed by atoms with Crippen LogP contribution in [0, 0.1) is 27.7 Å². The monoisotopic (exact) mass is 469 g/mol. The highest BCUT2D eigenvalue weighted by Gasteiger charge is 2.20. The number of benzene rings is 3. The first kappa shape index (κ1) is 24.5. The standard InChI is InChI=1S/C30H35N3O2/c1-20-15-16-25(23(4)19-20)30(34)31-24(5)29-32-26-13-6-7-14-27(26)33(29)17-8-9-18-35-28-21(2)11-10-12-22(28)3/h6-7,10-16,19,24H,8-9,17-18H2,1-5H3,(H,31,34). The average molecular weight is 470 g/mol. The van der Waals surface area contributed by atoms with E-state index >= 15 is 0 Å². The summed E-state index contributed by atoms with van der Waals surface area (Å²) in [6.07, 6.45) is 1.89. The third-order valence-corrected chi connectivity index (χ3v) is 6.48. The molecular weight excluding hydrogens is 434 g/mol. The number of aromatic nitrogens is 2. The number of unbranched alkanes of at least 4 members (excludes halogenated alkanes) is 1. The van der Waals surface area contributed by atoms with Crippen molar-refractivity contribution >= 4 is 16.9 Å². The average Bonchev–Trinajstić information content (AvgIpc) is 3.19. The fraction of sp³-hybridized carbons (Fsp3) is 0.333. The van der Waals surface area contributed by atoms with E-state index < -0.39 is 0 Å². The van der Waals surface area contributed by atoms with Gasteiger partial charge >= 0.3 is 0 Å². The van der Waals surface area contributed by atoms with Crippen molar-refractivity contribution in [3.05, 3.63) is 94.3 Å². The summed E-state index contributed by atoms with van der Waals surface area (Å²) in [5, 5.41) is 3.16. The summed E-state index contributed by atoms with van der Waals surface area (Å²) in [5.74, 6) is 1.79. The van der Waals surface area contributed by atoms with Gasteiger partial charge in [-0.2, -0.15) is 0 Å². The Balaban J connectivity index is 1.45. The number of aryl methyl sites for hydroxylation is 5. The number of hydrogen-bond acceptors (Lipinski definition) is 3. The quantitative estimate of drug-likeness (QED) is 0.280. The van der Waals surface area contributed by atoms with E-state index in [0.29, 0.717) is 12.2 Å². The van der Waals surface area contributed by atoms with Crippen molar-refractivity contribution in [3.63, 3.8) is 0 Å². The lowest BCUT2D eigenvalue weighted by molar-refractivity contribution is 0.0937. The van der Waals surface area contributed by atoms with E-state index in [4.69, 9.17) is 9.72 Å². The Morgan fingerprint density at radius 1 is 0.943 bits per heavy atom. The third-order valence-electron chi connectivity index (χ3n) is 6.48. The summed E-state index contributed by atoms with van der Waals surface area (Å²) in [6, 6.07) is 20.1. The molecule has 4 rings (SSSR count). The van der Waals surface area contributed by atoms with Gasteiger partial charge in [0.2, 0.25) is 0 Å². The summed E-state index contributed by atoms with van der Waals surface area (Å²) >= 11 is 0. The second-order valence-electron chi connectivity index (χ2n) is 9.40. The Labute approximate surface area is 208 Å². The molecule has 1 N–H and O–H groups in total. The molecule has 1 atom stereocenters. The number of nitrogens with zero attached hydrogens (tertiary/aromatic N) is 2. The summed E-state index contributed by atoms with van der Waals surface area (Å²) in [7, 11) is 0. The Morgan fingerprint density at radius 2 is 1.69 bits per heavy atom. The van der Waals surface area contributed by atoms with Gasteiger partial charge in [-0.25, -0.2) is 4.98 Å². The van der Waals surface area contributed by atoms with E-state index in [2.05, 4.69) is 48.0 Å². The van der Waals surface area contributed by atoms with Gasteiger partial charge in [-0.3, -0.25) is 4.79 Å². The molecule has 0 aliphatic carbocycles. The lowest BCUT2D eigenvalue weighted by Crippen LogP contribution is -2.29. The molecule has 1 unspecified atom stereocenters. The summed E-state index contributed by atoms with van der Waals surface area (Å²) in [4.78, 5) is 17.9. The minimum absolute atomic E-state index is 0.0735. The van der Waals surface area contributed by atoms with Crippen LogP contribution in [0.4, 0.5) is 0 Å². The van der Waals surface area contributed by atoms with Crippen LogP contribution in [0.15, 0.2) is 60.7 Å². The first-order chi connectivity index (χ1) is 16.8. The third kappa shape index (κ3) is 5.56. The molecule has 182 valence electrons.